The molecule has 1 atom stereocenters. The molecule has 0 fully saturated rings. The number of carbonyl (C=O) groups excluding carboxylic acids is 1. The van der Waals surface area contributed by atoms with Crippen LogP contribution in [0.15, 0.2) is 36.5 Å². The molecule has 0 aliphatic carbocycles. The highest BCUT2D eigenvalue weighted by Crippen LogP contribution is 2.26. The number of carbonyl (C=O) groups is 1. The number of unbranched alkanes of at least 4 members (excludes halogenated alkanes) is 1. The lowest BCUT2D eigenvalue weighted by Gasteiger charge is -2.12. The summed E-state index contributed by atoms with van der Waals surface area (Å²) in [6, 6.07) is 8.16. The first kappa shape index (κ1) is 28.5. The Kier molecular flexibility index (Phi) is 9.16. The number of nitrogens with one attached hydrogen (secondary N) is 2. The van der Waals surface area contributed by atoms with Gasteiger partial charge in [-0.1, -0.05) is 25.1 Å². The Morgan fingerprint density at radius 1 is 1.13 bits per heavy atom. The maximum atomic E-state index is 12.5. The minimum absolute atomic E-state index is 0.00510. The molecule has 0 aliphatic heterocycles. The van der Waals surface area contributed by atoms with Crippen LogP contribution in [0.2, 0.25) is 0 Å². The monoisotopic (exact) mass is 561 g/mol. The Morgan fingerprint density at radius 2 is 1.92 bits per heavy atom. The fraction of sp³-hybridized carbons (Fsp3) is 0.423. The van der Waals surface area contributed by atoms with Gasteiger partial charge >= 0.3 is 6.36 Å². The number of aromatic nitrogens is 6. The van der Waals surface area contributed by atoms with E-state index in [1.807, 2.05) is 0 Å². The van der Waals surface area contributed by atoms with Crippen LogP contribution in [0.4, 0.5) is 13.2 Å². The second-order valence-electron chi connectivity index (χ2n) is 9.29. The van der Waals surface area contributed by atoms with Gasteiger partial charge in [-0.05, 0) is 73.2 Å². The largest absolute Gasteiger partial charge is 0.573 e. The molecule has 2 N–H and O–H groups in total. The summed E-state index contributed by atoms with van der Waals surface area (Å²) < 4.78 is 43.0. The lowest BCUT2D eigenvalue weighted by Crippen LogP contribution is -2.25. The molecule has 0 radical (unpaired) electrons. The van der Waals surface area contributed by atoms with Crippen molar-refractivity contribution in [2.24, 2.45) is 0 Å². The zero-order valence-corrected chi connectivity index (χ0v) is 22.9. The van der Waals surface area contributed by atoms with E-state index in [0.29, 0.717) is 23.3 Å². The van der Waals surface area contributed by atoms with E-state index in [2.05, 4.69) is 70.8 Å². The van der Waals surface area contributed by atoms with E-state index >= 15 is 0 Å². The van der Waals surface area contributed by atoms with E-state index in [0.717, 1.165) is 48.8 Å². The summed E-state index contributed by atoms with van der Waals surface area (Å²) in [4.78, 5) is 15.9. The van der Waals surface area contributed by atoms with Gasteiger partial charge < -0.3 is 15.0 Å². The van der Waals surface area contributed by atoms with E-state index in [1.54, 1.807) is 10.9 Å². The van der Waals surface area contributed by atoms with Gasteiger partial charge in [-0.2, -0.15) is 5.10 Å². The van der Waals surface area contributed by atoms with E-state index in [9.17, 15) is 18.0 Å². The standard InChI is InChI=1S/C26H31F3N7O2P/c1-3-16(4-2)21-13-17-11-19(32-34-24(17)31-21)7-5-6-10-36-15-22(33-35-36)25(37)30-14-18-12-20(8-9-23(18)39)38-26(27,28)29/h8-9,11-13,15-16H,3-7,10,14,39H2,1-2H3,(H,30,37)(H,31,34). The van der Waals surface area contributed by atoms with Gasteiger partial charge in [-0.15, -0.1) is 32.6 Å². The van der Waals surface area contributed by atoms with Crippen LogP contribution < -0.4 is 15.4 Å². The van der Waals surface area contributed by atoms with Gasteiger partial charge in [0.1, 0.15) is 5.75 Å². The van der Waals surface area contributed by atoms with E-state index in [-0.39, 0.29) is 18.0 Å². The maximum Gasteiger partial charge on any atom is 0.573 e. The molecule has 0 bridgehead atoms. The number of ether oxygens (including phenoxy) is 1. The number of hydrogen-bond acceptors (Lipinski definition) is 6. The molecule has 1 amide bonds. The van der Waals surface area contributed by atoms with Crippen molar-refractivity contribution >= 4 is 31.5 Å². The van der Waals surface area contributed by atoms with Crippen LogP contribution in [0.5, 0.6) is 5.75 Å². The molecular weight excluding hydrogens is 530 g/mol. The van der Waals surface area contributed by atoms with Gasteiger partial charge in [0.05, 0.1) is 11.9 Å². The summed E-state index contributed by atoms with van der Waals surface area (Å²) >= 11 is 0. The summed E-state index contributed by atoms with van der Waals surface area (Å²) in [6.07, 6.45) is 1.33. The van der Waals surface area contributed by atoms with Crippen LogP contribution in [0, 0.1) is 0 Å². The number of benzene rings is 1. The molecule has 13 heteroatoms. The van der Waals surface area contributed by atoms with Crippen molar-refractivity contribution in [1.82, 2.24) is 35.5 Å². The molecule has 0 aliphatic rings. The third-order valence-electron chi connectivity index (χ3n) is 6.50. The fourth-order valence-corrected chi connectivity index (χ4v) is 4.64. The van der Waals surface area contributed by atoms with Crippen LogP contribution >= 0.6 is 9.24 Å². The number of H-pyrrole nitrogens is 1. The highest BCUT2D eigenvalue weighted by atomic mass is 31.0. The van der Waals surface area contributed by atoms with Gasteiger partial charge in [0, 0.05) is 24.2 Å². The molecule has 3 heterocycles. The summed E-state index contributed by atoms with van der Waals surface area (Å²) in [7, 11) is 2.42. The predicted molar refractivity (Wildman–Crippen MR) is 144 cm³/mol. The first-order valence-corrected chi connectivity index (χ1v) is 13.4. The molecule has 4 rings (SSSR count). The average Bonchev–Trinajstić information content (AvgIpc) is 3.54. The van der Waals surface area contributed by atoms with Crippen LogP contribution in [0.25, 0.3) is 11.0 Å². The number of halogens is 3. The van der Waals surface area contributed by atoms with Gasteiger partial charge in [0.25, 0.3) is 5.91 Å². The average molecular weight is 562 g/mol. The fourth-order valence-electron chi connectivity index (χ4n) is 4.36. The zero-order valence-electron chi connectivity index (χ0n) is 21.8. The number of alkyl halides is 3. The van der Waals surface area contributed by atoms with Crippen molar-refractivity contribution in [3.8, 4) is 5.75 Å². The molecule has 0 saturated carbocycles. The van der Waals surface area contributed by atoms with Crippen LogP contribution in [-0.4, -0.2) is 42.4 Å². The first-order chi connectivity index (χ1) is 18.6. The number of aromatic amines is 1. The van der Waals surface area contributed by atoms with Crippen LogP contribution in [0.1, 0.15) is 72.9 Å². The van der Waals surface area contributed by atoms with Gasteiger partial charge in [-0.25, -0.2) is 0 Å². The van der Waals surface area contributed by atoms with Crippen molar-refractivity contribution in [3.05, 3.63) is 59.2 Å². The Hall–Kier alpha value is -3.53. The number of hydrogen-bond donors (Lipinski definition) is 2. The van der Waals surface area contributed by atoms with Gasteiger partial charge in [-0.3, -0.25) is 9.48 Å². The molecular formula is C26H31F3N7O2P. The van der Waals surface area contributed by atoms with Crippen molar-refractivity contribution in [2.75, 3.05) is 0 Å². The Morgan fingerprint density at radius 3 is 2.67 bits per heavy atom. The Balaban J connectivity index is 1.25. The number of nitrogens with zero attached hydrogens (tertiary/aromatic N) is 5. The molecule has 4 aromatic rings. The molecule has 3 aromatic heterocycles. The van der Waals surface area contributed by atoms with Gasteiger partial charge in [0.2, 0.25) is 0 Å². The minimum Gasteiger partial charge on any atom is -0.406 e. The smallest absolute Gasteiger partial charge is 0.406 e. The SMILES string of the molecule is CCC(CC)c1cc2cc(CCCCn3cc(C(=O)NCc4cc(OC(F)(F)F)ccc4P)nn3)nnc2[nH]1. The van der Waals surface area contributed by atoms with Crippen molar-refractivity contribution < 1.29 is 22.7 Å². The minimum atomic E-state index is -4.79. The Bertz CT molecular complexity index is 1420. The van der Waals surface area contributed by atoms with Gasteiger partial charge in [0.15, 0.2) is 11.3 Å². The number of aryl methyl sites for hydroxylation is 2. The van der Waals surface area contributed by atoms with Crippen molar-refractivity contribution in [1.29, 1.82) is 0 Å². The summed E-state index contributed by atoms with van der Waals surface area (Å²) in [6.45, 7) is 4.94. The second-order valence-corrected chi connectivity index (χ2v) is 9.91. The number of fused-ring (bicyclic) bond motifs is 1. The Labute approximate surface area is 226 Å². The van der Waals surface area contributed by atoms with Crippen LogP contribution in [-0.2, 0) is 19.5 Å². The third kappa shape index (κ3) is 7.75. The van der Waals surface area contributed by atoms with E-state index in [4.69, 9.17) is 0 Å². The molecule has 39 heavy (non-hydrogen) atoms. The molecule has 0 spiro atoms. The number of rotatable bonds is 12. The summed E-state index contributed by atoms with van der Waals surface area (Å²) in [5, 5.41) is 21.0. The van der Waals surface area contributed by atoms with E-state index < -0.39 is 12.3 Å². The van der Waals surface area contributed by atoms with Crippen LogP contribution in [0.3, 0.4) is 0 Å². The maximum absolute atomic E-state index is 12.5. The van der Waals surface area contributed by atoms with E-state index in [1.165, 1.54) is 23.9 Å². The predicted octanol–water partition coefficient (Wildman–Crippen LogP) is 4.80. The zero-order chi connectivity index (χ0) is 28.0. The topological polar surface area (TPSA) is 111 Å². The molecule has 1 unspecified atom stereocenters. The van der Waals surface area contributed by atoms with Crippen molar-refractivity contribution in [2.45, 2.75) is 71.3 Å². The quantitative estimate of drug-likeness (QED) is 0.190. The summed E-state index contributed by atoms with van der Waals surface area (Å²) in [5.41, 5.74) is 3.53. The lowest BCUT2D eigenvalue weighted by molar-refractivity contribution is -0.274. The molecule has 9 nitrogen and oxygen atoms in total. The molecule has 1 aromatic carbocycles. The second kappa shape index (κ2) is 12.5. The third-order valence-corrected chi connectivity index (χ3v) is 7.07. The number of amides is 1. The highest BCUT2D eigenvalue weighted by Gasteiger charge is 2.31. The highest BCUT2D eigenvalue weighted by molar-refractivity contribution is 7.27. The first-order valence-electron chi connectivity index (χ1n) is 12.8. The molecule has 0 saturated heterocycles. The van der Waals surface area contributed by atoms with Crippen molar-refractivity contribution in [3.63, 3.8) is 0 Å². The lowest BCUT2D eigenvalue weighted by atomic mass is 10.00. The normalized spacial score (nSPS) is 11.9. The summed E-state index contributed by atoms with van der Waals surface area (Å²) in [5.74, 6) is -0.339. The molecule has 208 valence electrons.